The van der Waals surface area contributed by atoms with Gasteiger partial charge in [-0.15, -0.1) is 11.3 Å². The van der Waals surface area contributed by atoms with E-state index >= 15 is 0 Å². The van der Waals surface area contributed by atoms with Gasteiger partial charge in [-0.05, 0) is 29.6 Å². The highest BCUT2D eigenvalue weighted by Gasteiger charge is 2.34. The molecule has 1 aliphatic rings. The summed E-state index contributed by atoms with van der Waals surface area (Å²) in [5, 5.41) is 1.66. The molecule has 0 bridgehead atoms. The highest BCUT2D eigenvalue weighted by atomic mass is 32.2. The summed E-state index contributed by atoms with van der Waals surface area (Å²) < 4.78 is 53.8. The van der Waals surface area contributed by atoms with Crippen LogP contribution in [-0.4, -0.2) is 52.7 Å². The van der Waals surface area contributed by atoms with Crippen molar-refractivity contribution in [2.75, 3.05) is 36.8 Å². The third kappa shape index (κ3) is 5.21. The monoisotopic (exact) mass is 482 g/mol. The molecule has 2 aromatic heterocycles. The normalized spacial score (nSPS) is 14.6. The van der Waals surface area contributed by atoms with Crippen LogP contribution in [-0.2, 0) is 11.0 Å². The number of hydrogen-bond acceptors (Lipinski definition) is 6. The van der Waals surface area contributed by atoms with Crippen LogP contribution >= 0.6 is 23.1 Å². The standard InChI is InChI=1S/C21H18F4N4OS2/c22-14-4-1-2-5-16(14)28-7-9-29(10-8-28)19(30)13-32-20-26-15(17-6-3-11-31-17)12-18(27-20)21(23,24)25/h1-6,11-12H,7-10,13H2. The molecule has 11 heteroatoms. The predicted molar refractivity (Wildman–Crippen MR) is 116 cm³/mol. The molecule has 1 aliphatic heterocycles. The Kier molecular flexibility index (Phi) is 6.66. The number of benzene rings is 1. The fourth-order valence-electron chi connectivity index (χ4n) is 3.31. The first-order chi connectivity index (χ1) is 15.3. The van der Waals surface area contributed by atoms with Crippen LogP contribution in [0, 0.1) is 5.82 Å². The molecule has 1 aromatic carbocycles. The summed E-state index contributed by atoms with van der Waals surface area (Å²) in [6.07, 6.45) is -4.61. The Bertz CT molecular complexity index is 1080. The molecule has 0 unspecified atom stereocenters. The fourth-order valence-corrected chi connectivity index (χ4v) is 4.76. The maximum atomic E-state index is 14.0. The van der Waals surface area contributed by atoms with E-state index in [2.05, 4.69) is 9.97 Å². The van der Waals surface area contributed by atoms with Crippen LogP contribution in [0.15, 0.2) is 53.0 Å². The van der Waals surface area contributed by atoms with Gasteiger partial charge in [0.05, 0.1) is 22.0 Å². The van der Waals surface area contributed by atoms with Gasteiger partial charge in [0, 0.05) is 26.2 Å². The highest BCUT2D eigenvalue weighted by molar-refractivity contribution is 7.99. The lowest BCUT2D eigenvalue weighted by atomic mass is 10.2. The zero-order chi connectivity index (χ0) is 22.7. The molecule has 0 atom stereocenters. The van der Waals surface area contributed by atoms with Gasteiger partial charge in [-0.25, -0.2) is 14.4 Å². The number of piperazine rings is 1. The average Bonchev–Trinajstić information content (AvgIpc) is 3.32. The van der Waals surface area contributed by atoms with Crippen molar-refractivity contribution >= 4 is 34.7 Å². The second kappa shape index (κ2) is 9.45. The van der Waals surface area contributed by atoms with E-state index in [0.29, 0.717) is 36.7 Å². The quantitative estimate of drug-likeness (QED) is 0.297. The first-order valence-corrected chi connectivity index (χ1v) is 11.6. The molecule has 32 heavy (non-hydrogen) atoms. The van der Waals surface area contributed by atoms with Gasteiger partial charge in [0.25, 0.3) is 0 Å². The van der Waals surface area contributed by atoms with Crippen LogP contribution in [0.25, 0.3) is 10.6 Å². The zero-order valence-corrected chi connectivity index (χ0v) is 18.3. The van der Waals surface area contributed by atoms with Crippen molar-refractivity contribution in [2.24, 2.45) is 0 Å². The van der Waals surface area contributed by atoms with Crippen LogP contribution in [0.1, 0.15) is 5.69 Å². The van der Waals surface area contributed by atoms with Crippen molar-refractivity contribution in [3.05, 3.63) is 59.4 Å². The molecule has 1 fully saturated rings. The van der Waals surface area contributed by atoms with Crippen LogP contribution < -0.4 is 4.90 Å². The number of anilines is 1. The number of thioether (sulfide) groups is 1. The average molecular weight is 483 g/mol. The molecule has 3 heterocycles. The molecule has 5 nitrogen and oxygen atoms in total. The molecule has 4 rings (SSSR count). The van der Waals surface area contributed by atoms with E-state index in [9.17, 15) is 22.4 Å². The number of hydrogen-bond donors (Lipinski definition) is 0. The number of thiophene rings is 1. The Balaban J connectivity index is 1.40. The lowest BCUT2D eigenvalue weighted by Gasteiger charge is -2.36. The van der Waals surface area contributed by atoms with Crippen molar-refractivity contribution in [1.29, 1.82) is 0 Å². The minimum absolute atomic E-state index is 0.0785. The van der Waals surface area contributed by atoms with Gasteiger partial charge in [-0.1, -0.05) is 30.0 Å². The first kappa shape index (κ1) is 22.5. The SMILES string of the molecule is O=C(CSc1nc(-c2cccs2)cc(C(F)(F)F)n1)N1CCN(c2ccccc2F)CC1. The number of carbonyl (C=O) groups excluding carboxylic acids is 1. The van der Waals surface area contributed by atoms with Gasteiger partial charge < -0.3 is 9.80 Å². The Morgan fingerprint density at radius 3 is 2.47 bits per heavy atom. The first-order valence-electron chi connectivity index (χ1n) is 9.71. The molecule has 0 N–H and O–H groups in total. The molecule has 1 saturated heterocycles. The van der Waals surface area contributed by atoms with Crippen molar-refractivity contribution in [3.63, 3.8) is 0 Å². The fraction of sp³-hybridized carbons (Fsp3) is 0.286. The molecule has 0 spiro atoms. The van der Waals surface area contributed by atoms with Gasteiger partial charge in [0.15, 0.2) is 5.16 Å². The van der Waals surface area contributed by atoms with E-state index in [-0.39, 0.29) is 28.3 Å². The molecule has 0 saturated carbocycles. The lowest BCUT2D eigenvalue weighted by molar-refractivity contribution is -0.141. The Hall–Kier alpha value is -2.66. The molecular weight excluding hydrogens is 464 g/mol. The molecule has 168 valence electrons. The number of halogens is 4. The van der Waals surface area contributed by atoms with Crippen LogP contribution in [0.2, 0.25) is 0 Å². The number of alkyl halides is 3. The van der Waals surface area contributed by atoms with E-state index < -0.39 is 11.9 Å². The maximum absolute atomic E-state index is 14.0. The van der Waals surface area contributed by atoms with Crippen molar-refractivity contribution in [2.45, 2.75) is 11.3 Å². The largest absolute Gasteiger partial charge is 0.433 e. The van der Waals surface area contributed by atoms with Crippen LogP contribution in [0.3, 0.4) is 0 Å². The molecule has 0 aliphatic carbocycles. The third-order valence-corrected chi connectivity index (χ3v) is 6.64. The number of amides is 1. The van der Waals surface area contributed by atoms with E-state index in [1.165, 1.54) is 17.4 Å². The van der Waals surface area contributed by atoms with E-state index in [0.717, 1.165) is 17.8 Å². The predicted octanol–water partition coefficient (Wildman–Crippen LogP) is 4.80. The minimum Gasteiger partial charge on any atom is -0.366 e. The van der Waals surface area contributed by atoms with Crippen molar-refractivity contribution < 1.29 is 22.4 Å². The van der Waals surface area contributed by atoms with Gasteiger partial charge in [0.1, 0.15) is 11.5 Å². The summed E-state index contributed by atoms with van der Waals surface area (Å²) in [6, 6.07) is 10.8. The minimum atomic E-state index is -4.61. The summed E-state index contributed by atoms with van der Waals surface area (Å²) in [6.45, 7) is 1.75. The molecule has 0 radical (unpaired) electrons. The van der Waals surface area contributed by atoms with Crippen LogP contribution in [0.5, 0.6) is 0 Å². The smallest absolute Gasteiger partial charge is 0.366 e. The topological polar surface area (TPSA) is 49.3 Å². The Morgan fingerprint density at radius 2 is 1.81 bits per heavy atom. The van der Waals surface area contributed by atoms with E-state index in [1.54, 1.807) is 40.6 Å². The molecule has 1 amide bonds. The zero-order valence-electron chi connectivity index (χ0n) is 16.7. The maximum Gasteiger partial charge on any atom is 0.433 e. The van der Waals surface area contributed by atoms with Gasteiger partial charge >= 0.3 is 6.18 Å². The van der Waals surface area contributed by atoms with E-state index in [1.807, 2.05) is 4.90 Å². The number of para-hydroxylation sites is 1. The lowest BCUT2D eigenvalue weighted by Crippen LogP contribution is -2.49. The second-order valence-electron chi connectivity index (χ2n) is 7.00. The second-order valence-corrected chi connectivity index (χ2v) is 8.89. The summed E-state index contributed by atoms with van der Waals surface area (Å²) in [5.41, 5.74) is -0.368. The van der Waals surface area contributed by atoms with Crippen LogP contribution in [0.4, 0.5) is 23.2 Å². The summed E-state index contributed by atoms with van der Waals surface area (Å²) in [5.74, 6) is -0.613. The Morgan fingerprint density at radius 1 is 1.06 bits per heavy atom. The summed E-state index contributed by atoms with van der Waals surface area (Å²) in [7, 11) is 0. The summed E-state index contributed by atoms with van der Waals surface area (Å²) in [4.78, 5) is 24.5. The number of carbonyl (C=O) groups is 1. The van der Waals surface area contributed by atoms with Gasteiger partial charge in [-0.2, -0.15) is 13.2 Å². The van der Waals surface area contributed by atoms with Gasteiger partial charge in [0.2, 0.25) is 5.91 Å². The molecular formula is C21H18F4N4OS2. The van der Waals surface area contributed by atoms with Crippen molar-refractivity contribution in [1.82, 2.24) is 14.9 Å². The third-order valence-electron chi connectivity index (χ3n) is 4.92. The Labute approximate surface area is 190 Å². The van der Waals surface area contributed by atoms with E-state index in [4.69, 9.17) is 0 Å². The van der Waals surface area contributed by atoms with Crippen molar-refractivity contribution in [3.8, 4) is 10.6 Å². The number of nitrogens with zero attached hydrogens (tertiary/aromatic N) is 4. The number of aromatic nitrogens is 2. The van der Waals surface area contributed by atoms with Gasteiger partial charge in [-0.3, -0.25) is 4.79 Å². The molecule has 3 aromatic rings. The number of rotatable bonds is 5. The summed E-state index contributed by atoms with van der Waals surface area (Å²) >= 11 is 2.16. The highest BCUT2D eigenvalue weighted by Crippen LogP contribution is 2.33.